The Balaban J connectivity index is 1.03. The number of carboxylic acids is 1. The van der Waals surface area contributed by atoms with Crippen LogP contribution in [0.25, 0.3) is 0 Å². The van der Waals surface area contributed by atoms with Crippen LogP contribution in [0.1, 0.15) is 86.0 Å². The number of aliphatic hydroxyl groups is 11. The normalized spacial score (nSPS) is 55.7. The van der Waals surface area contributed by atoms with Gasteiger partial charge in [0.15, 0.2) is 18.9 Å². The highest BCUT2D eigenvalue weighted by atomic mass is 32.3. The number of aliphatic carboxylic acids is 1. The van der Waals surface area contributed by atoms with Crippen LogP contribution in [-0.4, -0.2) is 223 Å². The molecule has 0 radical (unpaired) electrons. The quantitative estimate of drug-likeness (QED) is 0.0514. The lowest BCUT2D eigenvalue weighted by Crippen LogP contribution is -2.73. The fraction of sp³-hybridized carbons (Fsp3) is 0.938. The fourth-order valence-electron chi connectivity index (χ4n) is 16.1. The summed E-state index contributed by atoms with van der Waals surface area (Å²) in [5, 5.41) is 132. The number of hydrogen-bond acceptors (Lipinski definition) is 22. The van der Waals surface area contributed by atoms with Gasteiger partial charge >= 0.3 is 16.4 Å². The summed E-state index contributed by atoms with van der Waals surface area (Å²) in [7, 11) is -5.25. The van der Waals surface area contributed by atoms with Gasteiger partial charge in [-0.1, -0.05) is 39.8 Å². The average molecular weight is 1070 g/mol. The van der Waals surface area contributed by atoms with Crippen molar-refractivity contribution in [3.8, 4) is 0 Å². The first-order chi connectivity index (χ1) is 34.1. The molecule has 0 aromatic heterocycles. The molecule has 4 heterocycles. The van der Waals surface area contributed by atoms with Crippen LogP contribution in [0.2, 0.25) is 0 Å². The van der Waals surface area contributed by atoms with Gasteiger partial charge in [-0.2, -0.15) is 8.42 Å². The Kier molecular flexibility index (Phi) is 14.8. The van der Waals surface area contributed by atoms with E-state index in [-0.39, 0.29) is 37.2 Å². The SMILES string of the molecule is CC1OC(OC2CCC3(C)C(CCC4(C)C3C=CC35OCC6(CCC(CO)(C(=O)O)CC63)C(O)CC45C)C2(C)CO)C(OC2OC(CO)C(O)C(O)C2O)C(OC2OC(CO)C(OS(=O)(=O)O)C(O)C2O)C1O. The number of rotatable bonds is 13. The smallest absolute Gasteiger partial charge is 0.397 e. The molecule has 25 heteroatoms. The zero-order valence-electron chi connectivity index (χ0n) is 41.6. The zero-order valence-corrected chi connectivity index (χ0v) is 42.4. The molecule has 13 N–H and O–H groups in total. The van der Waals surface area contributed by atoms with E-state index in [2.05, 4.69) is 37.1 Å². The van der Waals surface area contributed by atoms with Gasteiger partial charge < -0.3 is 94.4 Å². The van der Waals surface area contributed by atoms with Crippen LogP contribution in [0.4, 0.5) is 0 Å². The molecule has 27 unspecified atom stereocenters. The minimum Gasteiger partial charge on any atom is -0.481 e. The second kappa shape index (κ2) is 19.3. The third kappa shape index (κ3) is 8.27. The Bertz CT molecular complexity index is 2190. The monoisotopic (exact) mass is 1070 g/mol. The number of aliphatic hydroxyl groups excluding tert-OH is 11. The van der Waals surface area contributed by atoms with E-state index in [1.165, 1.54) is 6.92 Å². The number of fused-ring (bicyclic) bond motifs is 4. The van der Waals surface area contributed by atoms with Crippen LogP contribution < -0.4 is 0 Å². The molecule has 27 atom stereocenters. The molecule has 5 aliphatic carbocycles. The Morgan fingerprint density at radius 1 is 0.685 bits per heavy atom. The number of allylic oxidation sites excluding steroid dienone is 1. The molecule has 4 saturated carbocycles. The summed E-state index contributed by atoms with van der Waals surface area (Å²) in [5.41, 5.74) is -5.81. The van der Waals surface area contributed by atoms with E-state index in [4.69, 9.17) is 33.2 Å². The lowest BCUT2D eigenvalue weighted by Gasteiger charge is -2.73. The molecule has 2 bridgehead atoms. The van der Waals surface area contributed by atoms with Gasteiger partial charge in [-0.3, -0.25) is 9.35 Å². The second-order valence-electron chi connectivity index (χ2n) is 23.8. The topological polar surface area (TPSA) is 388 Å². The summed E-state index contributed by atoms with van der Waals surface area (Å²) in [5.74, 6) is -1.86. The first-order valence-corrected chi connectivity index (χ1v) is 26.8. The van der Waals surface area contributed by atoms with E-state index in [1.807, 2.05) is 6.92 Å². The van der Waals surface area contributed by atoms with Crippen LogP contribution in [-0.2, 0) is 52.5 Å². The van der Waals surface area contributed by atoms with Gasteiger partial charge in [0.1, 0.15) is 67.1 Å². The molecule has 24 nitrogen and oxygen atoms in total. The highest BCUT2D eigenvalue weighted by molar-refractivity contribution is 7.80. The van der Waals surface area contributed by atoms with Gasteiger partial charge in [0.05, 0.1) is 62.4 Å². The van der Waals surface area contributed by atoms with Crippen LogP contribution in [0.5, 0.6) is 0 Å². The molecule has 0 aromatic rings. The average Bonchev–Trinajstić information content (AvgIpc) is 3.63. The Hall–Kier alpha value is -1.64. The Morgan fingerprint density at radius 3 is 1.95 bits per heavy atom. The number of carboxylic acid groups (broad SMARTS) is 1. The molecule has 9 aliphatic rings. The molecular formula is C48H76O24S. The summed E-state index contributed by atoms with van der Waals surface area (Å²) >= 11 is 0. The predicted molar refractivity (Wildman–Crippen MR) is 243 cm³/mol. The third-order valence-corrected chi connectivity index (χ3v) is 21.1. The van der Waals surface area contributed by atoms with E-state index in [0.29, 0.717) is 38.5 Å². The molecule has 8 fully saturated rings. The van der Waals surface area contributed by atoms with Crippen molar-refractivity contribution in [2.24, 2.45) is 50.2 Å². The minimum atomic E-state index is -5.25. The number of carbonyl (C=O) groups is 1. The van der Waals surface area contributed by atoms with Crippen LogP contribution in [0.3, 0.4) is 0 Å². The Morgan fingerprint density at radius 2 is 1.33 bits per heavy atom. The molecule has 0 aromatic carbocycles. The number of ether oxygens (including phenoxy) is 7. The lowest BCUT2D eigenvalue weighted by atomic mass is 9.32. The predicted octanol–water partition coefficient (Wildman–Crippen LogP) is -2.53. The van der Waals surface area contributed by atoms with Crippen LogP contribution >= 0.6 is 0 Å². The van der Waals surface area contributed by atoms with E-state index < -0.39 is 185 Å². The summed E-state index contributed by atoms with van der Waals surface area (Å²) in [4.78, 5) is 12.8. The maximum Gasteiger partial charge on any atom is 0.397 e. The van der Waals surface area contributed by atoms with Crippen LogP contribution in [0.15, 0.2) is 12.2 Å². The standard InChI is InChI=1S/C48H76O24S/c1-21-29(54)36(70-39-34(59)32(57)35(23(17-50)68-39)72-73(62,63)64)37(71-38-33(58)31(56)30(55)22(16-49)67-38)40(66-21)69-28-8-9-42(2)24(43(28,3)18-51)6-10-44(4)25(42)7-11-48-26-14-46(19-52,41(60)61)12-13-47(26,20-65-48)27(53)15-45(44,48)5/h7,11,21-40,49-59H,6,8-10,12-20H2,1-5H3,(H,60,61)(H,62,63,64). The van der Waals surface area contributed by atoms with Crippen molar-refractivity contribution >= 4 is 16.4 Å². The molecule has 418 valence electrons. The molecule has 1 spiro atoms. The maximum atomic E-state index is 12.8. The highest BCUT2D eigenvalue weighted by Gasteiger charge is 2.80. The van der Waals surface area contributed by atoms with Gasteiger partial charge in [-0.15, -0.1) is 0 Å². The first kappa shape index (κ1) is 56.1. The first-order valence-electron chi connectivity index (χ1n) is 25.5. The maximum absolute atomic E-state index is 12.8. The van der Waals surface area contributed by atoms with Crippen molar-refractivity contribution in [3.05, 3.63) is 12.2 Å². The fourth-order valence-corrected chi connectivity index (χ4v) is 16.7. The summed E-state index contributed by atoms with van der Waals surface area (Å²) in [6.45, 7) is 7.39. The molecular weight excluding hydrogens is 993 g/mol. The molecule has 4 aliphatic heterocycles. The van der Waals surface area contributed by atoms with Crippen molar-refractivity contribution in [2.45, 2.75) is 196 Å². The zero-order chi connectivity index (χ0) is 53.4. The molecule has 9 rings (SSSR count). The van der Waals surface area contributed by atoms with Gasteiger partial charge in [0.25, 0.3) is 0 Å². The largest absolute Gasteiger partial charge is 0.481 e. The van der Waals surface area contributed by atoms with Gasteiger partial charge in [-0.05, 0) is 81.0 Å². The van der Waals surface area contributed by atoms with Gasteiger partial charge in [0, 0.05) is 22.2 Å². The minimum absolute atomic E-state index is 0.149. The summed E-state index contributed by atoms with van der Waals surface area (Å²) < 4.78 is 81.0. The van der Waals surface area contributed by atoms with Crippen molar-refractivity contribution in [1.29, 1.82) is 0 Å². The van der Waals surface area contributed by atoms with Crippen molar-refractivity contribution in [3.63, 3.8) is 0 Å². The number of hydrogen-bond donors (Lipinski definition) is 13. The molecule has 4 saturated heterocycles. The van der Waals surface area contributed by atoms with E-state index in [0.717, 1.165) is 0 Å². The van der Waals surface area contributed by atoms with Crippen molar-refractivity contribution < 1.29 is 116 Å². The summed E-state index contributed by atoms with van der Waals surface area (Å²) in [6, 6.07) is 0. The molecule has 73 heavy (non-hydrogen) atoms. The van der Waals surface area contributed by atoms with Crippen molar-refractivity contribution in [2.75, 3.05) is 33.0 Å². The lowest BCUT2D eigenvalue weighted by molar-refractivity contribution is -0.397. The van der Waals surface area contributed by atoms with Crippen molar-refractivity contribution in [1.82, 2.24) is 0 Å². The van der Waals surface area contributed by atoms with Crippen LogP contribution in [0, 0.1) is 50.2 Å². The van der Waals surface area contributed by atoms with E-state index in [9.17, 15) is 79.0 Å². The Labute approximate surface area is 423 Å². The second-order valence-corrected chi connectivity index (χ2v) is 24.9. The van der Waals surface area contributed by atoms with E-state index in [1.54, 1.807) is 0 Å². The van der Waals surface area contributed by atoms with E-state index >= 15 is 0 Å². The highest BCUT2D eigenvalue weighted by Crippen LogP contribution is 2.79. The summed E-state index contributed by atoms with van der Waals surface area (Å²) in [6.07, 6.45) is -21.4. The van der Waals surface area contributed by atoms with Gasteiger partial charge in [0.2, 0.25) is 0 Å². The molecule has 0 amide bonds. The van der Waals surface area contributed by atoms with Gasteiger partial charge in [-0.25, -0.2) is 4.18 Å². The third-order valence-electron chi connectivity index (χ3n) is 20.6.